The zero-order valence-electron chi connectivity index (χ0n) is 14.9. The van der Waals surface area contributed by atoms with Gasteiger partial charge in [0.2, 0.25) is 10.0 Å². The van der Waals surface area contributed by atoms with Gasteiger partial charge in [-0.2, -0.15) is 4.31 Å². The molecule has 0 aliphatic carbocycles. The van der Waals surface area contributed by atoms with Gasteiger partial charge in [-0.3, -0.25) is 0 Å². The number of esters is 1. The lowest BCUT2D eigenvalue weighted by atomic mass is 10.2. The summed E-state index contributed by atoms with van der Waals surface area (Å²) in [6.07, 6.45) is 0.199. The summed E-state index contributed by atoms with van der Waals surface area (Å²) < 4.78 is 57.0. The Balaban J connectivity index is 1.80. The summed E-state index contributed by atoms with van der Waals surface area (Å²) in [7, 11) is -6.32. The molecular formula is C18H18ClNO6S2. The Bertz CT molecular complexity index is 1080. The largest absolute Gasteiger partial charge is 0.465 e. The summed E-state index contributed by atoms with van der Waals surface area (Å²) in [5.74, 6) is -0.570. The van der Waals surface area contributed by atoms with E-state index < -0.39 is 31.1 Å². The second kappa shape index (κ2) is 7.82. The highest BCUT2D eigenvalue weighted by Gasteiger charge is 2.39. The van der Waals surface area contributed by atoms with Crippen molar-refractivity contribution in [2.75, 3.05) is 20.2 Å². The van der Waals surface area contributed by atoms with Crippen LogP contribution in [-0.4, -0.2) is 52.6 Å². The first-order valence-electron chi connectivity index (χ1n) is 8.34. The number of sulfonamides is 1. The normalized spacial score (nSPS) is 18.1. The average molecular weight is 444 g/mol. The number of rotatable bonds is 5. The molecule has 1 saturated heterocycles. The van der Waals surface area contributed by atoms with E-state index in [0.717, 1.165) is 4.31 Å². The molecule has 2 aromatic carbocycles. The summed E-state index contributed by atoms with van der Waals surface area (Å²) in [5.41, 5.74) is 0.228. The zero-order chi connectivity index (χ0) is 20.5. The van der Waals surface area contributed by atoms with Crippen molar-refractivity contribution < 1.29 is 26.4 Å². The van der Waals surface area contributed by atoms with E-state index in [-0.39, 0.29) is 34.9 Å². The Morgan fingerprint density at radius 3 is 2.14 bits per heavy atom. The van der Waals surface area contributed by atoms with Gasteiger partial charge in [0.05, 0.1) is 27.7 Å². The molecule has 2 aromatic rings. The third-order valence-corrected chi connectivity index (χ3v) is 8.92. The number of ether oxygens (including phenoxy) is 1. The third-order valence-electron chi connectivity index (χ3n) is 4.60. The van der Waals surface area contributed by atoms with Gasteiger partial charge in [-0.15, -0.1) is 0 Å². The highest BCUT2D eigenvalue weighted by Crippen LogP contribution is 2.28. The van der Waals surface area contributed by atoms with Gasteiger partial charge in [-0.05, 0) is 55.0 Å². The lowest BCUT2D eigenvalue weighted by Crippen LogP contribution is -2.32. The van der Waals surface area contributed by atoms with Gasteiger partial charge >= 0.3 is 5.97 Å². The molecule has 0 saturated carbocycles. The average Bonchev–Trinajstić information content (AvgIpc) is 3.20. The van der Waals surface area contributed by atoms with Crippen LogP contribution in [0.4, 0.5) is 0 Å². The van der Waals surface area contributed by atoms with Gasteiger partial charge in [0, 0.05) is 18.1 Å². The molecule has 1 atom stereocenters. The summed E-state index contributed by atoms with van der Waals surface area (Å²) in [6, 6.07) is 11.1. The SMILES string of the molecule is COC(=O)c1ccc(S(=O)(=O)N2CC[C@H](S(=O)(=O)c3ccc(Cl)cc3)C2)cc1. The molecule has 3 rings (SSSR count). The Morgan fingerprint density at radius 1 is 1.00 bits per heavy atom. The summed E-state index contributed by atoms with van der Waals surface area (Å²) in [6.45, 7) is -0.0371. The van der Waals surface area contributed by atoms with Crippen LogP contribution in [0.1, 0.15) is 16.8 Å². The van der Waals surface area contributed by atoms with Crippen LogP contribution in [0.25, 0.3) is 0 Å². The fourth-order valence-corrected chi connectivity index (χ4v) is 6.43. The first-order chi connectivity index (χ1) is 13.2. The first-order valence-corrected chi connectivity index (χ1v) is 11.7. The number of carbonyl (C=O) groups excluding carboxylic acids is 1. The Hall–Kier alpha value is -1.94. The van der Waals surface area contributed by atoms with Crippen LogP contribution in [0.15, 0.2) is 58.3 Å². The fourth-order valence-electron chi connectivity index (χ4n) is 3.02. The number of carbonyl (C=O) groups is 1. The van der Waals surface area contributed by atoms with Crippen LogP contribution in [0.2, 0.25) is 5.02 Å². The van der Waals surface area contributed by atoms with Crippen LogP contribution < -0.4 is 0 Å². The Morgan fingerprint density at radius 2 is 1.57 bits per heavy atom. The predicted molar refractivity (Wildman–Crippen MR) is 104 cm³/mol. The minimum absolute atomic E-state index is 0.00954. The second-order valence-electron chi connectivity index (χ2n) is 6.29. The molecule has 1 aliphatic rings. The molecule has 0 N–H and O–H groups in total. The van der Waals surface area contributed by atoms with Crippen LogP contribution in [0.3, 0.4) is 0 Å². The number of sulfone groups is 1. The second-order valence-corrected chi connectivity index (χ2v) is 10.9. The van der Waals surface area contributed by atoms with Crippen molar-refractivity contribution in [3.05, 3.63) is 59.1 Å². The van der Waals surface area contributed by atoms with Gasteiger partial charge in [0.1, 0.15) is 0 Å². The van der Waals surface area contributed by atoms with Crippen molar-refractivity contribution in [1.29, 1.82) is 0 Å². The smallest absolute Gasteiger partial charge is 0.337 e. The minimum Gasteiger partial charge on any atom is -0.465 e. The number of benzene rings is 2. The summed E-state index contributed by atoms with van der Waals surface area (Å²) in [5, 5.41) is -0.414. The molecule has 7 nitrogen and oxygen atoms in total. The third kappa shape index (κ3) is 3.93. The molecule has 0 radical (unpaired) electrons. The maximum Gasteiger partial charge on any atom is 0.337 e. The van der Waals surface area contributed by atoms with E-state index in [0.29, 0.717) is 5.02 Å². The monoisotopic (exact) mass is 443 g/mol. The first kappa shape index (κ1) is 20.8. The van der Waals surface area contributed by atoms with E-state index in [9.17, 15) is 21.6 Å². The fraction of sp³-hybridized carbons (Fsp3) is 0.278. The maximum absolute atomic E-state index is 12.8. The number of hydrogen-bond acceptors (Lipinski definition) is 6. The number of halogens is 1. The maximum atomic E-state index is 12.8. The quantitative estimate of drug-likeness (QED) is 0.658. The topological polar surface area (TPSA) is 97.8 Å². The highest BCUT2D eigenvalue weighted by atomic mass is 35.5. The predicted octanol–water partition coefficient (Wildman–Crippen LogP) is 2.36. The van der Waals surface area contributed by atoms with Crippen molar-refractivity contribution in [1.82, 2.24) is 4.31 Å². The molecule has 0 amide bonds. The van der Waals surface area contributed by atoms with Crippen LogP contribution >= 0.6 is 11.6 Å². The minimum atomic E-state index is -3.87. The Labute approximate surface area is 168 Å². The Kier molecular flexibility index (Phi) is 5.81. The van der Waals surface area contributed by atoms with E-state index in [1.807, 2.05) is 0 Å². The number of hydrogen-bond donors (Lipinski definition) is 0. The van der Waals surface area contributed by atoms with Gasteiger partial charge in [0.15, 0.2) is 9.84 Å². The molecule has 0 unspecified atom stereocenters. The zero-order valence-corrected chi connectivity index (χ0v) is 17.3. The molecular weight excluding hydrogens is 426 g/mol. The molecule has 0 aromatic heterocycles. The highest BCUT2D eigenvalue weighted by molar-refractivity contribution is 7.92. The van der Waals surface area contributed by atoms with E-state index in [1.54, 1.807) is 0 Å². The van der Waals surface area contributed by atoms with E-state index in [2.05, 4.69) is 4.74 Å². The van der Waals surface area contributed by atoms with Crippen molar-refractivity contribution >= 4 is 37.4 Å². The standard InChI is InChI=1S/C18H18ClNO6S2/c1-26-18(21)13-2-6-16(7-3-13)28(24,25)20-11-10-17(12-20)27(22,23)15-8-4-14(19)5-9-15/h2-9,17H,10-12H2,1H3/t17-/m0/s1. The molecule has 1 fully saturated rings. The van der Waals surface area contributed by atoms with Crippen molar-refractivity contribution in [3.63, 3.8) is 0 Å². The van der Waals surface area contributed by atoms with Gasteiger partial charge in [-0.25, -0.2) is 21.6 Å². The van der Waals surface area contributed by atoms with Crippen molar-refractivity contribution in [2.24, 2.45) is 0 Å². The van der Waals surface area contributed by atoms with E-state index >= 15 is 0 Å². The number of nitrogens with zero attached hydrogens (tertiary/aromatic N) is 1. The van der Waals surface area contributed by atoms with Crippen molar-refractivity contribution in [2.45, 2.75) is 21.5 Å². The molecule has 28 heavy (non-hydrogen) atoms. The van der Waals surface area contributed by atoms with Crippen LogP contribution in [0.5, 0.6) is 0 Å². The molecule has 0 spiro atoms. The van der Waals surface area contributed by atoms with Gasteiger partial charge in [0.25, 0.3) is 0 Å². The van der Waals surface area contributed by atoms with Gasteiger partial charge < -0.3 is 4.74 Å². The molecule has 1 heterocycles. The molecule has 0 bridgehead atoms. The van der Waals surface area contributed by atoms with E-state index in [4.69, 9.17) is 11.6 Å². The lowest BCUT2D eigenvalue weighted by Gasteiger charge is -2.17. The molecule has 150 valence electrons. The van der Waals surface area contributed by atoms with Crippen LogP contribution in [0, 0.1) is 0 Å². The summed E-state index contributed by atoms with van der Waals surface area (Å²) in [4.78, 5) is 11.6. The molecule has 10 heteroatoms. The number of methoxy groups -OCH3 is 1. The van der Waals surface area contributed by atoms with Crippen molar-refractivity contribution in [3.8, 4) is 0 Å². The lowest BCUT2D eigenvalue weighted by molar-refractivity contribution is 0.0600. The summed E-state index contributed by atoms with van der Waals surface area (Å²) >= 11 is 5.80. The molecule has 1 aliphatic heterocycles. The van der Waals surface area contributed by atoms with E-state index in [1.165, 1.54) is 55.6 Å². The van der Waals surface area contributed by atoms with Crippen LogP contribution in [-0.2, 0) is 24.6 Å². The van der Waals surface area contributed by atoms with Gasteiger partial charge in [-0.1, -0.05) is 11.6 Å².